The third-order valence-electron chi connectivity index (χ3n) is 2.31. The van der Waals surface area contributed by atoms with Crippen molar-refractivity contribution in [3.8, 4) is 0 Å². The van der Waals surface area contributed by atoms with Crippen LogP contribution in [-0.4, -0.2) is 27.0 Å². The summed E-state index contributed by atoms with van der Waals surface area (Å²) in [6.45, 7) is 0. The van der Waals surface area contributed by atoms with E-state index in [0.29, 0.717) is 10.0 Å². The molecule has 0 saturated heterocycles. The number of hydrogen-bond donors (Lipinski definition) is 2. The van der Waals surface area contributed by atoms with E-state index in [1.807, 2.05) is 0 Å². The summed E-state index contributed by atoms with van der Waals surface area (Å²) >= 11 is 6.52. The number of amides is 1. The number of hydrogen-bond acceptors (Lipinski definition) is 4. The van der Waals surface area contributed by atoms with Gasteiger partial charge in [0.25, 0.3) is 5.91 Å². The van der Waals surface area contributed by atoms with Crippen LogP contribution in [0.5, 0.6) is 0 Å². The van der Waals surface area contributed by atoms with Gasteiger partial charge in [-0.1, -0.05) is 15.9 Å². The molecule has 0 fully saturated rings. The summed E-state index contributed by atoms with van der Waals surface area (Å²) in [5, 5.41) is 11.4. The second-order valence-electron chi connectivity index (χ2n) is 3.64. The third-order valence-corrected chi connectivity index (χ3v) is 3.49. The van der Waals surface area contributed by atoms with Crippen molar-refractivity contribution in [3.05, 3.63) is 50.8 Å². The molecule has 0 bridgehead atoms. The number of anilines is 1. The fourth-order valence-electron chi connectivity index (χ4n) is 1.43. The van der Waals surface area contributed by atoms with Gasteiger partial charge in [0.2, 0.25) is 0 Å². The van der Waals surface area contributed by atoms with E-state index in [1.165, 1.54) is 12.4 Å². The van der Waals surface area contributed by atoms with Crippen LogP contribution in [0, 0.1) is 0 Å². The zero-order chi connectivity index (χ0) is 14.7. The zero-order valence-corrected chi connectivity index (χ0v) is 13.0. The molecular weight excluding hydrogens is 394 g/mol. The van der Waals surface area contributed by atoms with Gasteiger partial charge in [0, 0.05) is 21.3 Å². The fourth-order valence-corrected chi connectivity index (χ4v) is 2.22. The molecule has 20 heavy (non-hydrogen) atoms. The van der Waals surface area contributed by atoms with Crippen molar-refractivity contribution >= 4 is 49.6 Å². The minimum atomic E-state index is -1.26. The summed E-state index contributed by atoms with van der Waals surface area (Å²) < 4.78 is 1.31. The Hall–Kier alpha value is -1.80. The standard InChI is InChI=1S/C12H7Br2N3O3/c13-6-1-2-8(14)7(5-6)11(18)17-10-9(12(19)20)15-3-4-16-10/h1-5H,(H,19,20)(H,16,17,18). The smallest absolute Gasteiger partial charge is 0.358 e. The second kappa shape index (κ2) is 6.10. The number of rotatable bonds is 3. The van der Waals surface area contributed by atoms with E-state index in [1.54, 1.807) is 18.2 Å². The highest BCUT2D eigenvalue weighted by atomic mass is 79.9. The van der Waals surface area contributed by atoms with Crippen LogP contribution in [0.25, 0.3) is 0 Å². The largest absolute Gasteiger partial charge is 0.476 e. The molecular formula is C12H7Br2N3O3. The number of nitrogens with one attached hydrogen (secondary N) is 1. The van der Waals surface area contributed by atoms with E-state index in [0.717, 1.165) is 4.47 Å². The molecule has 0 unspecified atom stereocenters. The highest BCUT2D eigenvalue weighted by molar-refractivity contribution is 9.11. The molecule has 0 spiro atoms. The number of nitrogens with zero attached hydrogens (tertiary/aromatic N) is 2. The molecule has 8 heteroatoms. The van der Waals surface area contributed by atoms with E-state index in [9.17, 15) is 9.59 Å². The molecule has 1 heterocycles. The molecule has 0 aliphatic carbocycles. The van der Waals surface area contributed by atoms with Gasteiger partial charge in [-0.15, -0.1) is 0 Å². The number of carbonyl (C=O) groups is 2. The minimum Gasteiger partial charge on any atom is -0.476 e. The highest BCUT2D eigenvalue weighted by Crippen LogP contribution is 2.22. The van der Waals surface area contributed by atoms with Crippen molar-refractivity contribution < 1.29 is 14.7 Å². The Morgan fingerprint density at radius 1 is 1.15 bits per heavy atom. The summed E-state index contributed by atoms with van der Waals surface area (Å²) in [6.07, 6.45) is 2.55. The third kappa shape index (κ3) is 3.20. The van der Waals surface area contributed by atoms with Crippen LogP contribution in [0.1, 0.15) is 20.8 Å². The number of carboxylic acid groups (broad SMARTS) is 1. The van der Waals surface area contributed by atoms with E-state index in [-0.39, 0.29) is 11.5 Å². The molecule has 0 aliphatic rings. The lowest BCUT2D eigenvalue weighted by Gasteiger charge is -2.08. The van der Waals surface area contributed by atoms with Crippen molar-refractivity contribution in [2.45, 2.75) is 0 Å². The number of benzene rings is 1. The van der Waals surface area contributed by atoms with Gasteiger partial charge in [0.1, 0.15) is 0 Å². The minimum absolute atomic E-state index is 0.100. The molecule has 6 nitrogen and oxygen atoms in total. The van der Waals surface area contributed by atoms with Crippen molar-refractivity contribution in [3.63, 3.8) is 0 Å². The van der Waals surface area contributed by atoms with Gasteiger partial charge in [-0.3, -0.25) is 4.79 Å². The molecule has 0 saturated carbocycles. The molecule has 0 aliphatic heterocycles. The number of aromatic carboxylic acids is 1. The lowest BCUT2D eigenvalue weighted by atomic mass is 10.2. The quantitative estimate of drug-likeness (QED) is 0.826. The van der Waals surface area contributed by atoms with E-state index >= 15 is 0 Å². The van der Waals surface area contributed by atoms with Gasteiger partial charge >= 0.3 is 5.97 Å². The van der Waals surface area contributed by atoms with E-state index in [2.05, 4.69) is 47.1 Å². The SMILES string of the molecule is O=C(Nc1nccnc1C(=O)O)c1cc(Br)ccc1Br. The first-order valence-corrected chi connectivity index (χ1v) is 6.88. The lowest BCUT2D eigenvalue weighted by Crippen LogP contribution is -2.17. The monoisotopic (exact) mass is 399 g/mol. The van der Waals surface area contributed by atoms with Crippen molar-refractivity contribution in [2.75, 3.05) is 5.32 Å². The molecule has 2 aromatic rings. The van der Waals surface area contributed by atoms with Gasteiger partial charge in [0.15, 0.2) is 11.5 Å². The molecule has 2 rings (SSSR count). The predicted octanol–water partition coefficient (Wildman–Crippen LogP) is 2.95. The normalized spacial score (nSPS) is 10.1. The van der Waals surface area contributed by atoms with Crippen LogP contribution in [-0.2, 0) is 0 Å². The summed E-state index contributed by atoms with van der Waals surface area (Å²) in [5.74, 6) is -1.85. The second-order valence-corrected chi connectivity index (χ2v) is 5.41. The maximum Gasteiger partial charge on any atom is 0.358 e. The predicted molar refractivity (Wildman–Crippen MR) is 78.8 cm³/mol. The first-order valence-electron chi connectivity index (χ1n) is 5.29. The molecule has 1 aromatic carbocycles. The average Bonchev–Trinajstić information content (AvgIpc) is 2.41. The highest BCUT2D eigenvalue weighted by Gasteiger charge is 2.17. The van der Waals surface area contributed by atoms with Gasteiger partial charge < -0.3 is 10.4 Å². The van der Waals surface area contributed by atoms with Gasteiger partial charge in [-0.25, -0.2) is 14.8 Å². The van der Waals surface area contributed by atoms with Gasteiger partial charge in [-0.05, 0) is 34.1 Å². The summed E-state index contributed by atoms with van der Waals surface area (Å²) in [5.41, 5.74) is 0.0355. The molecule has 2 N–H and O–H groups in total. The Morgan fingerprint density at radius 3 is 2.55 bits per heavy atom. The maximum atomic E-state index is 12.1. The van der Waals surface area contributed by atoms with Gasteiger partial charge in [0.05, 0.1) is 5.56 Å². The Kier molecular flexibility index (Phi) is 4.46. The summed E-state index contributed by atoms with van der Waals surface area (Å²) in [7, 11) is 0. The summed E-state index contributed by atoms with van der Waals surface area (Å²) in [4.78, 5) is 30.6. The number of carboxylic acids is 1. The van der Waals surface area contributed by atoms with E-state index < -0.39 is 11.9 Å². The van der Waals surface area contributed by atoms with Crippen LogP contribution < -0.4 is 5.32 Å². The van der Waals surface area contributed by atoms with Gasteiger partial charge in [-0.2, -0.15) is 0 Å². The molecule has 1 amide bonds. The Morgan fingerprint density at radius 2 is 1.85 bits per heavy atom. The Labute approximate surface area is 130 Å². The van der Waals surface area contributed by atoms with E-state index in [4.69, 9.17) is 5.11 Å². The lowest BCUT2D eigenvalue weighted by molar-refractivity contribution is 0.0691. The molecule has 0 atom stereocenters. The van der Waals surface area contributed by atoms with Crippen LogP contribution >= 0.6 is 31.9 Å². The van der Waals surface area contributed by atoms with Crippen molar-refractivity contribution in [2.24, 2.45) is 0 Å². The molecule has 0 radical (unpaired) electrons. The first-order chi connectivity index (χ1) is 9.49. The van der Waals surface area contributed by atoms with Crippen molar-refractivity contribution in [1.82, 2.24) is 9.97 Å². The van der Waals surface area contributed by atoms with Crippen molar-refractivity contribution in [1.29, 1.82) is 0 Å². The topological polar surface area (TPSA) is 92.2 Å². The van der Waals surface area contributed by atoms with Crippen LogP contribution in [0.2, 0.25) is 0 Å². The Bertz CT molecular complexity index is 691. The number of aromatic nitrogens is 2. The summed E-state index contributed by atoms with van der Waals surface area (Å²) in [6, 6.07) is 5.08. The molecule has 1 aromatic heterocycles. The first kappa shape index (κ1) is 14.6. The van der Waals surface area contributed by atoms with Crippen LogP contribution in [0.4, 0.5) is 5.82 Å². The number of halogens is 2. The molecule has 102 valence electrons. The fraction of sp³-hybridized carbons (Fsp3) is 0. The van der Waals surface area contributed by atoms with Crippen LogP contribution in [0.15, 0.2) is 39.5 Å². The van der Waals surface area contributed by atoms with Crippen LogP contribution in [0.3, 0.4) is 0 Å². The number of carbonyl (C=O) groups excluding carboxylic acids is 1. The Balaban J connectivity index is 2.33. The maximum absolute atomic E-state index is 12.1. The zero-order valence-electron chi connectivity index (χ0n) is 9.80. The average molecular weight is 401 g/mol.